The van der Waals surface area contributed by atoms with Crippen molar-refractivity contribution in [2.45, 2.75) is 59.8 Å². The zero-order valence-electron chi connectivity index (χ0n) is 15.4. The van der Waals surface area contributed by atoms with E-state index in [4.69, 9.17) is 5.73 Å². The number of amides is 1. The predicted octanol–water partition coefficient (Wildman–Crippen LogP) is -1.68. The van der Waals surface area contributed by atoms with Gasteiger partial charge in [-0.05, 0) is 23.8 Å². The first-order chi connectivity index (χ1) is 8.43. The van der Waals surface area contributed by atoms with Crippen LogP contribution >= 0.6 is 0 Å². The van der Waals surface area contributed by atoms with Gasteiger partial charge in [-0.25, -0.2) is 5.57 Å². The summed E-state index contributed by atoms with van der Waals surface area (Å²) in [5.74, 6) is 0.290. The van der Waals surface area contributed by atoms with Crippen LogP contribution in [0.1, 0.15) is 59.8 Å². The Morgan fingerprint density at radius 2 is 1.46 bits per heavy atom. The Kier molecular flexibility index (Phi) is 32.6. The zero-order valence-corrected chi connectivity index (χ0v) is 18.4. The normalized spacial score (nSPS) is 18.3. The Hall–Kier alpha value is 0.461. The van der Waals surface area contributed by atoms with Gasteiger partial charge in [0.05, 0.1) is 5.91 Å². The van der Waals surface area contributed by atoms with Gasteiger partial charge in [-0.2, -0.15) is 11.1 Å². The summed E-state index contributed by atoms with van der Waals surface area (Å²) >= 11 is 0. The predicted molar refractivity (Wildman–Crippen MR) is 100 cm³/mol. The van der Waals surface area contributed by atoms with Crippen molar-refractivity contribution in [3.05, 3.63) is 43.4 Å². The van der Waals surface area contributed by atoms with Crippen LogP contribution in [-0.2, 0) is 26.5 Å². The number of hydrogen-bond donors (Lipinski definition) is 0. The van der Waals surface area contributed by atoms with Gasteiger partial charge in [-0.3, -0.25) is 6.08 Å². The Morgan fingerprint density at radius 1 is 1.04 bits per heavy atom. The molecule has 144 valence electrons. The van der Waals surface area contributed by atoms with Gasteiger partial charge in [-0.1, -0.05) is 46.0 Å². The second-order valence-corrected chi connectivity index (χ2v) is 5.50. The maximum absolute atomic E-state index is 10.5. The van der Waals surface area contributed by atoms with Crippen LogP contribution in [0.2, 0.25) is 0 Å². The molecule has 2 rings (SSSR count). The fraction of sp³-hybridized carbons (Fsp3) is 0.611. The van der Waals surface area contributed by atoms with Crippen LogP contribution in [0.3, 0.4) is 0 Å². The third-order valence-electron chi connectivity index (χ3n) is 4.21. The largest absolute Gasteiger partial charge is 2.00 e. The first-order valence-electron chi connectivity index (χ1n) is 6.96. The van der Waals surface area contributed by atoms with Crippen molar-refractivity contribution >= 4 is 16.9 Å². The summed E-state index contributed by atoms with van der Waals surface area (Å²) < 4.78 is 0. The number of rotatable bonds is 1. The molecule has 2 aliphatic rings. The minimum absolute atomic E-state index is 0. The van der Waals surface area contributed by atoms with Crippen LogP contribution in [0.5, 0.6) is 0 Å². The van der Waals surface area contributed by atoms with Crippen LogP contribution in [0.15, 0.2) is 16.7 Å². The molecule has 0 saturated heterocycles. The van der Waals surface area contributed by atoms with Crippen LogP contribution < -0.4 is 24.8 Å². The van der Waals surface area contributed by atoms with Crippen molar-refractivity contribution in [2.24, 2.45) is 11.8 Å². The van der Waals surface area contributed by atoms with Gasteiger partial charge < -0.3 is 50.2 Å². The number of carbonyl (C=O) groups excluding carboxylic acids is 1. The van der Waals surface area contributed by atoms with E-state index in [0.29, 0.717) is 5.92 Å². The Bertz CT molecular complexity index is 381. The third-order valence-corrected chi connectivity index (χ3v) is 4.21. The number of allylic oxidation sites excluding steroid dienone is 4. The van der Waals surface area contributed by atoms with Crippen LogP contribution in [0.4, 0.5) is 0 Å². The molecule has 1 unspecified atom stereocenters. The second kappa shape index (κ2) is 19.8. The molecule has 0 aliphatic heterocycles. The van der Waals surface area contributed by atoms with E-state index in [2.05, 4.69) is 33.8 Å². The molecule has 1 fully saturated rings. The van der Waals surface area contributed by atoms with E-state index in [1.54, 1.807) is 0 Å². The molecule has 6 heteroatoms. The maximum Gasteiger partial charge on any atom is 2.00 e. The fourth-order valence-corrected chi connectivity index (χ4v) is 2.53. The molecule has 0 aromatic rings. The zero-order chi connectivity index (χ0) is 13.7. The molecule has 0 aromatic heterocycles. The number of carbonyl (C=O) groups is 1. The Labute approximate surface area is 182 Å². The van der Waals surface area contributed by atoms with Gasteiger partial charge in [0.2, 0.25) is 0 Å². The third kappa shape index (κ3) is 12.8. The molecule has 0 heterocycles. The van der Waals surface area contributed by atoms with E-state index < -0.39 is 0 Å². The smallest absolute Gasteiger partial charge is 1.00 e. The summed E-state index contributed by atoms with van der Waals surface area (Å²) in [6.45, 7) is 8.67. The molecular formula is C18H35Cl2NOSiTi-4. The van der Waals surface area contributed by atoms with Crippen LogP contribution in [0, 0.1) is 32.8 Å². The monoisotopic (exact) mass is 427 g/mol. The summed E-state index contributed by atoms with van der Waals surface area (Å²) in [6.07, 6.45) is 8.83. The SMILES string of the molecule is CC1=[C-]C(C)C(C)=C1C.[CH3-].[CH3-].[Cl-].[Cl-].[NH-]C(=O)C1CCCCC1.[SiH4].[Ti+2]. The second-order valence-electron chi connectivity index (χ2n) is 5.50. The average Bonchev–Trinajstić information content (AvgIpc) is 2.58. The summed E-state index contributed by atoms with van der Waals surface area (Å²) in [7, 11) is 0. The summed E-state index contributed by atoms with van der Waals surface area (Å²) in [5.41, 5.74) is 11.1. The van der Waals surface area contributed by atoms with E-state index in [1.807, 2.05) is 0 Å². The minimum atomic E-state index is -0.352. The molecule has 0 bridgehead atoms. The molecule has 1 atom stereocenters. The van der Waals surface area contributed by atoms with Crippen LogP contribution in [0.25, 0.3) is 5.73 Å². The fourth-order valence-electron chi connectivity index (χ4n) is 2.53. The minimum Gasteiger partial charge on any atom is -1.00 e. The maximum atomic E-state index is 10.5. The molecule has 24 heavy (non-hydrogen) atoms. The van der Waals surface area contributed by atoms with E-state index in [1.165, 1.54) is 23.1 Å². The van der Waals surface area contributed by atoms with E-state index in [-0.39, 0.29) is 84.2 Å². The first-order valence-corrected chi connectivity index (χ1v) is 6.96. The number of nitrogens with one attached hydrogen (secondary N) is 1. The Morgan fingerprint density at radius 3 is 1.62 bits per heavy atom. The van der Waals surface area contributed by atoms with Gasteiger partial charge in [0.1, 0.15) is 0 Å². The van der Waals surface area contributed by atoms with Gasteiger partial charge >= 0.3 is 21.7 Å². The number of halogens is 2. The molecule has 0 radical (unpaired) electrons. The van der Waals surface area contributed by atoms with Crippen molar-refractivity contribution in [2.75, 3.05) is 0 Å². The van der Waals surface area contributed by atoms with Crippen molar-refractivity contribution in [1.82, 2.24) is 0 Å². The van der Waals surface area contributed by atoms with E-state index in [9.17, 15) is 4.79 Å². The molecule has 2 aliphatic carbocycles. The van der Waals surface area contributed by atoms with E-state index in [0.717, 1.165) is 25.7 Å². The van der Waals surface area contributed by atoms with Gasteiger partial charge in [0, 0.05) is 5.92 Å². The molecule has 1 N–H and O–H groups in total. The summed E-state index contributed by atoms with van der Waals surface area (Å²) in [4.78, 5) is 10.5. The standard InChI is InChI=1S/C9H13.C7H13NO.2CH3.2ClH.H4Si.Ti/c1-6-5-7(2)9(4)8(6)3;8-7(9)6-4-2-1-3-5-6;;;;;;/h6H,1-4H3;6H,1-5H2,(H2,8,9);2*1H3;2*1H;1H4;/q-1;;2*-1;;;;+2/p-3. The van der Waals surface area contributed by atoms with Crippen molar-refractivity contribution in [3.8, 4) is 0 Å². The first kappa shape index (κ1) is 39.5. The summed E-state index contributed by atoms with van der Waals surface area (Å²) in [5, 5.41) is 0. The summed E-state index contributed by atoms with van der Waals surface area (Å²) in [6, 6.07) is 0. The molecule has 2 nitrogen and oxygen atoms in total. The molecule has 1 saturated carbocycles. The van der Waals surface area contributed by atoms with Crippen LogP contribution in [-0.4, -0.2) is 16.9 Å². The number of hydrogen-bond acceptors (Lipinski definition) is 1. The van der Waals surface area contributed by atoms with E-state index >= 15 is 0 Å². The molecule has 0 aromatic carbocycles. The van der Waals surface area contributed by atoms with Gasteiger partial charge in [0.25, 0.3) is 0 Å². The average molecular weight is 428 g/mol. The Balaban J connectivity index is -0.0000000540. The quantitative estimate of drug-likeness (QED) is 0.364. The van der Waals surface area contributed by atoms with Crippen molar-refractivity contribution < 1.29 is 51.3 Å². The van der Waals surface area contributed by atoms with Gasteiger partial charge in [0.15, 0.2) is 0 Å². The van der Waals surface area contributed by atoms with Crippen molar-refractivity contribution in [1.29, 1.82) is 0 Å². The van der Waals surface area contributed by atoms with Crippen molar-refractivity contribution in [3.63, 3.8) is 0 Å². The molecular weight excluding hydrogens is 393 g/mol. The molecule has 1 amide bonds. The topological polar surface area (TPSA) is 40.9 Å². The van der Waals surface area contributed by atoms with Gasteiger partial charge in [-0.15, -0.1) is 6.92 Å². The molecule has 0 spiro atoms.